The molecule has 2 fully saturated rings. The van der Waals surface area contributed by atoms with Crippen LogP contribution in [-0.4, -0.2) is 42.6 Å². The molecule has 0 saturated heterocycles. The summed E-state index contributed by atoms with van der Waals surface area (Å²) in [6.07, 6.45) is 2.84. The van der Waals surface area contributed by atoms with Gasteiger partial charge < -0.3 is 23.8 Å². The fraction of sp³-hybridized carbons (Fsp3) is 0.412. The number of fused-ring (bicyclic) bond motifs is 2. The van der Waals surface area contributed by atoms with Crippen LogP contribution in [0.3, 0.4) is 0 Å². The minimum absolute atomic E-state index is 0.0644. The Morgan fingerprint density at radius 3 is 2.39 bits per heavy atom. The normalized spacial score (nSPS) is 23.2. The Kier molecular flexibility index (Phi) is 7.97. The summed E-state index contributed by atoms with van der Waals surface area (Å²) < 4.78 is 24.1. The zero-order chi connectivity index (χ0) is 28.3. The summed E-state index contributed by atoms with van der Waals surface area (Å²) in [5, 5.41) is 0. The van der Waals surface area contributed by atoms with Crippen LogP contribution >= 0.6 is 0 Å². The summed E-state index contributed by atoms with van der Waals surface area (Å²) in [5.41, 5.74) is 3.60. The van der Waals surface area contributed by atoms with Crippen molar-refractivity contribution >= 4 is 11.9 Å². The minimum atomic E-state index is -0.812. The Hall–Kier alpha value is -3.84. The van der Waals surface area contributed by atoms with E-state index in [1.54, 1.807) is 18.9 Å². The standard InChI is InChI=1S/C34H37NO6/c1-3-39-34(37)28-19-27-25(15-17-30(38-2)32(27)40-21-22-10-6-4-7-11-22)20-35(28)33(36)31(23-12-8-5-9-13-23)41-29-16-14-24-18-26(24)29/h4-13,15,17,24,26,28-29,31H,3,14,16,18-21H2,1-2H3/t24?,26?,28-,29?,31?/m0/s1. The summed E-state index contributed by atoms with van der Waals surface area (Å²) >= 11 is 0. The van der Waals surface area contributed by atoms with Crippen LogP contribution in [0.5, 0.6) is 11.5 Å². The molecule has 0 N–H and O–H groups in total. The molecule has 0 radical (unpaired) electrons. The van der Waals surface area contributed by atoms with Crippen LogP contribution in [0.4, 0.5) is 0 Å². The van der Waals surface area contributed by atoms with Gasteiger partial charge in [0.2, 0.25) is 0 Å². The van der Waals surface area contributed by atoms with Crippen LogP contribution in [-0.2, 0) is 38.6 Å². The van der Waals surface area contributed by atoms with Crippen molar-refractivity contribution in [2.45, 2.75) is 64.0 Å². The van der Waals surface area contributed by atoms with Crippen LogP contribution < -0.4 is 9.47 Å². The van der Waals surface area contributed by atoms with Gasteiger partial charge in [-0.25, -0.2) is 4.79 Å². The van der Waals surface area contributed by atoms with Gasteiger partial charge in [-0.05, 0) is 60.8 Å². The molecule has 6 rings (SSSR count). The highest BCUT2D eigenvalue weighted by atomic mass is 16.5. The smallest absolute Gasteiger partial charge is 0.329 e. The largest absolute Gasteiger partial charge is 0.493 e. The van der Waals surface area contributed by atoms with E-state index in [0.29, 0.717) is 24.0 Å². The molecule has 7 heteroatoms. The first-order valence-corrected chi connectivity index (χ1v) is 14.6. The maximum absolute atomic E-state index is 14.4. The van der Waals surface area contributed by atoms with Crippen molar-refractivity contribution in [2.75, 3.05) is 13.7 Å². The molecule has 1 aliphatic heterocycles. The number of benzene rings is 3. The van der Waals surface area contributed by atoms with Crippen molar-refractivity contribution in [1.82, 2.24) is 4.90 Å². The molecule has 0 bridgehead atoms. The van der Waals surface area contributed by atoms with Gasteiger partial charge in [-0.15, -0.1) is 0 Å². The van der Waals surface area contributed by atoms with Crippen LogP contribution in [0.15, 0.2) is 72.8 Å². The molecule has 5 atom stereocenters. The first-order valence-electron chi connectivity index (χ1n) is 14.6. The monoisotopic (exact) mass is 555 g/mol. The molecule has 3 aromatic carbocycles. The van der Waals surface area contributed by atoms with Gasteiger partial charge in [0, 0.05) is 18.5 Å². The minimum Gasteiger partial charge on any atom is -0.493 e. The second kappa shape index (κ2) is 12.0. The number of hydrogen-bond acceptors (Lipinski definition) is 6. The fourth-order valence-corrected chi connectivity index (χ4v) is 6.40. The van der Waals surface area contributed by atoms with E-state index in [9.17, 15) is 9.59 Å². The van der Waals surface area contributed by atoms with E-state index < -0.39 is 18.1 Å². The third kappa shape index (κ3) is 5.68. The predicted octanol–water partition coefficient (Wildman–Crippen LogP) is 5.65. The molecule has 1 amide bonds. The lowest BCUT2D eigenvalue weighted by Crippen LogP contribution is -2.51. The molecule has 0 spiro atoms. The summed E-state index contributed by atoms with van der Waals surface area (Å²) in [5.74, 6) is 1.80. The molecular weight excluding hydrogens is 518 g/mol. The second-order valence-corrected chi connectivity index (χ2v) is 11.1. The first kappa shape index (κ1) is 27.3. The number of hydrogen-bond donors (Lipinski definition) is 0. The fourth-order valence-electron chi connectivity index (χ4n) is 6.40. The average molecular weight is 556 g/mol. The van der Waals surface area contributed by atoms with Gasteiger partial charge in [-0.2, -0.15) is 0 Å². The van der Waals surface area contributed by atoms with Crippen molar-refractivity contribution in [3.63, 3.8) is 0 Å². The lowest BCUT2D eigenvalue weighted by molar-refractivity contribution is -0.163. The molecule has 214 valence electrons. The quantitative estimate of drug-likeness (QED) is 0.301. The number of esters is 1. The number of amides is 1. The Balaban J connectivity index is 1.33. The number of rotatable bonds is 10. The molecule has 4 unspecified atom stereocenters. The molecular formula is C34H37NO6. The van der Waals surface area contributed by atoms with E-state index in [2.05, 4.69) is 0 Å². The third-order valence-electron chi connectivity index (χ3n) is 8.64. The second-order valence-electron chi connectivity index (χ2n) is 11.1. The molecule has 7 nitrogen and oxygen atoms in total. The van der Waals surface area contributed by atoms with Gasteiger partial charge in [0.15, 0.2) is 17.6 Å². The van der Waals surface area contributed by atoms with Crippen molar-refractivity contribution < 1.29 is 28.5 Å². The number of carbonyl (C=O) groups excluding carboxylic acids is 2. The van der Waals surface area contributed by atoms with Gasteiger partial charge >= 0.3 is 5.97 Å². The molecule has 3 aliphatic rings. The van der Waals surface area contributed by atoms with Gasteiger partial charge in [-0.3, -0.25) is 4.79 Å². The highest BCUT2D eigenvalue weighted by molar-refractivity contribution is 5.89. The predicted molar refractivity (Wildman–Crippen MR) is 153 cm³/mol. The van der Waals surface area contributed by atoms with E-state index in [0.717, 1.165) is 41.0 Å². The Morgan fingerprint density at radius 2 is 1.73 bits per heavy atom. The lowest BCUT2D eigenvalue weighted by Gasteiger charge is -2.38. The maximum atomic E-state index is 14.4. The van der Waals surface area contributed by atoms with Crippen LogP contribution in [0.2, 0.25) is 0 Å². The Labute approximate surface area is 241 Å². The number of methoxy groups -OCH3 is 1. The van der Waals surface area contributed by atoms with Crippen molar-refractivity contribution in [3.8, 4) is 11.5 Å². The van der Waals surface area contributed by atoms with Crippen molar-refractivity contribution in [3.05, 3.63) is 95.1 Å². The summed E-state index contributed by atoms with van der Waals surface area (Å²) in [6, 6.07) is 22.5. The molecule has 3 aromatic rings. The van der Waals surface area contributed by atoms with Gasteiger partial charge in [0.25, 0.3) is 5.91 Å². The van der Waals surface area contributed by atoms with Crippen LogP contribution in [0.25, 0.3) is 0 Å². The first-order chi connectivity index (χ1) is 20.1. The van der Waals surface area contributed by atoms with Gasteiger partial charge in [0.1, 0.15) is 12.6 Å². The van der Waals surface area contributed by atoms with Gasteiger partial charge in [-0.1, -0.05) is 66.7 Å². The van der Waals surface area contributed by atoms with E-state index in [4.69, 9.17) is 18.9 Å². The van der Waals surface area contributed by atoms with E-state index in [1.165, 1.54) is 6.42 Å². The molecule has 1 heterocycles. The number of nitrogens with zero attached hydrogens (tertiary/aromatic N) is 1. The van der Waals surface area contributed by atoms with E-state index in [1.807, 2.05) is 72.8 Å². The van der Waals surface area contributed by atoms with Crippen LogP contribution in [0, 0.1) is 11.8 Å². The third-order valence-corrected chi connectivity index (χ3v) is 8.64. The molecule has 41 heavy (non-hydrogen) atoms. The Bertz CT molecular complexity index is 1380. The SMILES string of the molecule is CCOC(=O)[C@@H]1Cc2c(ccc(OC)c2OCc2ccccc2)CN1C(=O)C(OC1CCC2CC21)c1ccccc1. The summed E-state index contributed by atoms with van der Waals surface area (Å²) in [6.45, 7) is 2.60. The zero-order valence-electron chi connectivity index (χ0n) is 23.7. The van der Waals surface area contributed by atoms with E-state index >= 15 is 0 Å². The molecule has 0 aromatic heterocycles. The zero-order valence-corrected chi connectivity index (χ0v) is 23.7. The highest BCUT2D eigenvalue weighted by Crippen LogP contribution is 2.54. The molecule has 2 saturated carbocycles. The van der Waals surface area contributed by atoms with Crippen molar-refractivity contribution in [2.24, 2.45) is 11.8 Å². The summed E-state index contributed by atoms with van der Waals surface area (Å²) in [7, 11) is 1.60. The highest BCUT2D eigenvalue weighted by Gasteiger charge is 2.50. The topological polar surface area (TPSA) is 74.3 Å². The average Bonchev–Trinajstić information content (AvgIpc) is 3.69. The Morgan fingerprint density at radius 1 is 0.976 bits per heavy atom. The van der Waals surface area contributed by atoms with Crippen LogP contribution in [0.1, 0.15) is 54.5 Å². The lowest BCUT2D eigenvalue weighted by atomic mass is 9.91. The van der Waals surface area contributed by atoms with E-state index in [-0.39, 0.29) is 31.6 Å². The number of carbonyl (C=O) groups is 2. The number of ether oxygens (including phenoxy) is 4. The van der Waals surface area contributed by atoms with Gasteiger partial charge in [0.05, 0.1) is 19.8 Å². The maximum Gasteiger partial charge on any atom is 0.329 e. The summed E-state index contributed by atoms with van der Waals surface area (Å²) in [4.78, 5) is 29.4. The molecule has 2 aliphatic carbocycles. The van der Waals surface area contributed by atoms with Crippen molar-refractivity contribution in [1.29, 1.82) is 0 Å².